The first kappa shape index (κ1) is 16.1. The van der Waals surface area contributed by atoms with Crippen molar-refractivity contribution in [2.75, 3.05) is 25.1 Å². The van der Waals surface area contributed by atoms with Gasteiger partial charge in [-0.2, -0.15) is 0 Å². The molecule has 3 heterocycles. The summed E-state index contributed by atoms with van der Waals surface area (Å²) >= 11 is 5.80. The standard InChI is InChI=1S/C18H15ClFN3O2/c19-16-4-1-13(8-22-16)23-17-15-3-2-14(7-12(15)5-6-21-17)25-11-18(20)9-24-10-18/h1-8H,9-11H2,(H,21,23). The van der Waals surface area contributed by atoms with E-state index in [-0.39, 0.29) is 19.8 Å². The molecule has 0 unspecified atom stereocenters. The van der Waals surface area contributed by atoms with Gasteiger partial charge in [-0.1, -0.05) is 11.6 Å². The predicted octanol–water partition coefficient (Wildman–Crippen LogP) is 4.14. The molecule has 0 aliphatic carbocycles. The SMILES string of the molecule is FC1(COc2ccc3c(Nc4ccc(Cl)nc4)nccc3c2)COC1. The fourth-order valence-electron chi connectivity index (χ4n) is 2.55. The van der Waals surface area contributed by atoms with Gasteiger partial charge in [0.1, 0.15) is 23.3 Å². The zero-order valence-corrected chi connectivity index (χ0v) is 14.0. The Bertz CT molecular complexity index is 900. The van der Waals surface area contributed by atoms with Crippen LogP contribution >= 0.6 is 11.6 Å². The highest BCUT2D eigenvalue weighted by molar-refractivity contribution is 6.29. The molecular formula is C18H15ClFN3O2. The smallest absolute Gasteiger partial charge is 0.190 e. The summed E-state index contributed by atoms with van der Waals surface area (Å²) in [5.74, 6) is 1.31. The Hall–Kier alpha value is -2.44. The largest absolute Gasteiger partial charge is 0.490 e. The second-order valence-electron chi connectivity index (χ2n) is 5.97. The van der Waals surface area contributed by atoms with Crippen LogP contribution in [0.3, 0.4) is 0 Å². The van der Waals surface area contributed by atoms with Crippen LogP contribution in [-0.4, -0.2) is 35.5 Å². The summed E-state index contributed by atoms with van der Waals surface area (Å²) in [6, 6.07) is 11.0. The summed E-state index contributed by atoms with van der Waals surface area (Å²) in [5.41, 5.74) is -0.587. The number of hydrogen-bond donors (Lipinski definition) is 1. The monoisotopic (exact) mass is 359 g/mol. The van der Waals surface area contributed by atoms with Gasteiger partial charge in [0.15, 0.2) is 5.67 Å². The maximum absolute atomic E-state index is 14.0. The molecule has 2 aromatic heterocycles. The van der Waals surface area contributed by atoms with Gasteiger partial charge in [0, 0.05) is 11.6 Å². The molecule has 0 bridgehead atoms. The quantitative estimate of drug-likeness (QED) is 0.694. The van der Waals surface area contributed by atoms with Crippen LogP contribution in [0.1, 0.15) is 0 Å². The maximum Gasteiger partial charge on any atom is 0.190 e. The fraction of sp³-hybridized carbons (Fsp3) is 0.222. The molecule has 0 atom stereocenters. The van der Waals surface area contributed by atoms with Crippen LogP contribution < -0.4 is 10.1 Å². The number of nitrogens with zero attached hydrogens (tertiary/aromatic N) is 2. The van der Waals surface area contributed by atoms with Crippen molar-refractivity contribution in [3.05, 3.63) is 53.9 Å². The highest BCUT2D eigenvalue weighted by Gasteiger charge is 2.39. The molecule has 0 spiro atoms. The number of aromatic nitrogens is 2. The van der Waals surface area contributed by atoms with E-state index in [4.69, 9.17) is 21.1 Å². The number of rotatable bonds is 5. The molecule has 0 radical (unpaired) electrons. The van der Waals surface area contributed by atoms with E-state index in [0.717, 1.165) is 16.5 Å². The molecule has 0 amide bonds. The first-order chi connectivity index (χ1) is 12.1. The van der Waals surface area contributed by atoms with Crippen molar-refractivity contribution < 1.29 is 13.9 Å². The second kappa shape index (κ2) is 6.46. The van der Waals surface area contributed by atoms with E-state index in [2.05, 4.69) is 15.3 Å². The van der Waals surface area contributed by atoms with Crippen LogP contribution in [0.4, 0.5) is 15.9 Å². The van der Waals surface area contributed by atoms with Crippen LogP contribution in [0.5, 0.6) is 5.75 Å². The number of alkyl halides is 1. The van der Waals surface area contributed by atoms with E-state index >= 15 is 0 Å². The molecule has 25 heavy (non-hydrogen) atoms. The van der Waals surface area contributed by atoms with Crippen LogP contribution in [0, 0.1) is 0 Å². The number of anilines is 2. The first-order valence-corrected chi connectivity index (χ1v) is 8.16. The van der Waals surface area contributed by atoms with Gasteiger partial charge in [0.2, 0.25) is 0 Å². The molecule has 0 saturated carbocycles. The van der Waals surface area contributed by atoms with Crippen LogP contribution in [0.2, 0.25) is 5.15 Å². The summed E-state index contributed by atoms with van der Waals surface area (Å²) in [7, 11) is 0. The molecule has 128 valence electrons. The minimum atomic E-state index is -1.37. The summed E-state index contributed by atoms with van der Waals surface area (Å²) in [5, 5.41) is 5.51. The molecule has 1 aliphatic heterocycles. The predicted molar refractivity (Wildman–Crippen MR) is 94.4 cm³/mol. The lowest BCUT2D eigenvalue weighted by Gasteiger charge is -2.33. The molecule has 7 heteroatoms. The summed E-state index contributed by atoms with van der Waals surface area (Å²) in [4.78, 5) is 8.41. The summed E-state index contributed by atoms with van der Waals surface area (Å²) in [6.45, 7) is 0.173. The third-order valence-corrected chi connectivity index (χ3v) is 4.17. The molecule has 1 N–H and O–H groups in total. The fourth-order valence-corrected chi connectivity index (χ4v) is 2.66. The molecular weight excluding hydrogens is 345 g/mol. The van der Waals surface area contributed by atoms with Crippen molar-refractivity contribution in [1.82, 2.24) is 9.97 Å². The average molecular weight is 360 g/mol. The number of halogens is 2. The number of hydrogen-bond acceptors (Lipinski definition) is 5. The number of nitrogens with one attached hydrogen (secondary N) is 1. The van der Waals surface area contributed by atoms with Gasteiger partial charge in [0.05, 0.1) is 25.1 Å². The van der Waals surface area contributed by atoms with E-state index in [0.29, 0.717) is 16.7 Å². The average Bonchev–Trinajstić information content (AvgIpc) is 2.60. The third kappa shape index (κ3) is 3.50. The molecule has 1 fully saturated rings. The molecule has 1 aliphatic rings. The Kier molecular flexibility index (Phi) is 4.15. The molecule has 5 nitrogen and oxygen atoms in total. The minimum Gasteiger partial charge on any atom is -0.490 e. The van der Waals surface area contributed by atoms with Crippen LogP contribution in [0.25, 0.3) is 10.8 Å². The van der Waals surface area contributed by atoms with Crippen molar-refractivity contribution in [3.63, 3.8) is 0 Å². The second-order valence-corrected chi connectivity index (χ2v) is 6.36. The van der Waals surface area contributed by atoms with Gasteiger partial charge >= 0.3 is 0 Å². The lowest BCUT2D eigenvalue weighted by atomic mass is 10.1. The van der Waals surface area contributed by atoms with Gasteiger partial charge < -0.3 is 14.8 Å². The number of benzene rings is 1. The Morgan fingerprint density at radius 2 is 2.08 bits per heavy atom. The minimum absolute atomic E-state index is 0.00879. The highest BCUT2D eigenvalue weighted by Crippen LogP contribution is 2.29. The molecule has 1 saturated heterocycles. The van der Waals surface area contributed by atoms with E-state index < -0.39 is 5.67 Å². The van der Waals surface area contributed by atoms with Crippen molar-refractivity contribution in [2.45, 2.75) is 5.67 Å². The Morgan fingerprint density at radius 1 is 1.20 bits per heavy atom. The summed E-state index contributed by atoms with van der Waals surface area (Å²) < 4.78 is 24.4. The van der Waals surface area contributed by atoms with Crippen LogP contribution in [-0.2, 0) is 4.74 Å². The number of fused-ring (bicyclic) bond motifs is 1. The Labute approximate surface area is 148 Å². The maximum atomic E-state index is 14.0. The lowest BCUT2D eigenvalue weighted by Crippen LogP contribution is -2.50. The van der Waals surface area contributed by atoms with E-state index in [1.54, 1.807) is 24.5 Å². The van der Waals surface area contributed by atoms with Crippen molar-refractivity contribution in [2.24, 2.45) is 0 Å². The van der Waals surface area contributed by atoms with Crippen molar-refractivity contribution in [3.8, 4) is 5.75 Å². The van der Waals surface area contributed by atoms with E-state index in [1.165, 1.54) is 0 Å². The normalized spacial score (nSPS) is 15.6. The number of pyridine rings is 2. The third-order valence-electron chi connectivity index (χ3n) is 3.95. The zero-order valence-electron chi connectivity index (χ0n) is 13.2. The van der Waals surface area contributed by atoms with Crippen molar-refractivity contribution >= 4 is 33.9 Å². The van der Waals surface area contributed by atoms with Crippen molar-refractivity contribution in [1.29, 1.82) is 0 Å². The Balaban J connectivity index is 1.55. The molecule has 1 aromatic carbocycles. The van der Waals surface area contributed by atoms with Gasteiger partial charge in [-0.25, -0.2) is 14.4 Å². The molecule has 4 rings (SSSR count). The Morgan fingerprint density at radius 3 is 2.80 bits per heavy atom. The van der Waals surface area contributed by atoms with E-state index in [1.807, 2.05) is 24.3 Å². The van der Waals surface area contributed by atoms with Crippen LogP contribution in [0.15, 0.2) is 48.8 Å². The number of ether oxygens (including phenoxy) is 2. The topological polar surface area (TPSA) is 56.3 Å². The first-order valence-electron chi connectivity index (χ1n) is 7.78. The van der Waals surface area contributed by atoms with Gasteiger partial charge in [-0.3, -0.25) is 0 Å². The lowest BCUT2D eigenvalue weighted by molar-refractivity contribution is -0.146. The highest BCUT2D eigenvalue weighted by atomic mass is 35.5. The zero-order chi connectivity index (χ0) is 17.3. The summed E-state index contributed by atoms with van der Waals surface area (Å²) in [6.07, 6.45) is 3.34. The van der Waals surface area contributed by atoms with Gasteiger partial charge in [0.25, 0.3) is 0 Å². The van der Waals surface area contributed by atoms with Gasteiger partial charge in [-0.15, -0.1) is 0 Å². The van der Waals surface area contributed by atoms with Gasteiger partial charge in [-0.05, 0) is 41.8 Å². The van der Waals surface area contributed by atoms with E-state index in [9.17, 15) is 4.39 Å². The molecule has 3 aromatic rings.